The van der Waals surface area contributed by atoms with Crippen molar-refractivity contribution in [2.75, 3.05) is 18.6 Å². The van der Waals surface area contributed by atoms with Gasteiger partial charge in [0.25, 0.3) is 0 Å². The highest BCUT2D eigenvalue weighted by molar-refractivity contribution is 9.10. The number of methoxy groups -OCH3 is 1. The zero-order valence-electron chi connectivity index (χ0n) is 23.6. The zero-order chi connectivity index (χ0) is 29.6. The molecule has 3 aromatic rings. The first kappa shape index (κ1) is 30.6. The number of amides is 1. The van der Waals surface area contributed by atoms with Crippen molar-refractivity contribution in [3.05, 3.63) is 63.9 Å². The predicted molar refractivity (Wildman–Crippen MR) is 162 cm³/mol. The molecule has 1 aromatic heterocycles. The molecule has 0 unspecified atom stereocenters. The Balaban J connectivity index is 1.67. The molecule has 0 saturated heterocycles. The number of rotatable bonds is 8. The molecule has 0 aliphatic heterocycles. The molecule has 4 rings (SSSR count). The van der Waals surface area contributed by atoms with E-state index in [0.717, 1.165) is 37.7 Å². The van der Waals surface area contributed by atoms with Crippen LogP contribution in [0.1, 0.15) is 62.5 Å². The minimum Gasteiger partial charge on any atom is -0.479 e. The maximum absolute atomic E-state index is 13.5. The topological polar surface area (TPSA) is 91.4 Å². The van der Waals surface area contributed by atoms with Crippen LogP contribution in [0.15, 0.2) is 59.1 Å². The summed E-state index contributed by atoms with van der Waals surface area (Å²) in [6, 6.07) is 16.6. The number of ether oxygens (including phenoxy) is 4. The van der Waals surface area contributed by atoms with Crippen LogP contribution in [0.25, 0.3) is 10.4 Å². The zero-order valence-corrected chi connectivity index (χ0v) is 26.0. The van der Waals surface area contributed by atoms with Gasteiger partial charge in [-0.1, -0.05) is 49.6 Å². The van der Waals surface area contributed by atoms with E-state index in [1.165, 1.54) is 18.4 Å². The largest absolute Gasteiger partial charge is 0.479 e. The number of carbonyl (C=O) groups is 3. The Bertz CT molecular complexity index is 1380. The lowest BCUT2D eigenvalue weighted by molar-refractivity contribution is -0.157. The van der Waals surface area contributed by atoms with E-state index in [0.29, 0.717) is 20.8 Å². The first-order chi connectivity index (χ1) is 19.6. The predicted octanol–water partition coefficient (Wildman–Crippen LogP) is 8.02. The summed E-state index contributed by atoms with van der Waals surface area (Å²) in [6.07, 6.45) is 4.54. The Morgan fingerprint density at radius 3 is 2.37 bits per heavy atom. The van der Waals surface area contributed by atoms with Crippen molar-refractivity contribution in [2.24, 2.45) is 0 Å². The van der Waals surface area contributed by atoms with Gasteiger partial charge in [0.2, 0.25) is 0 Å². The summed E-state index contributed by atoms with van der Waals surface area (Å²) in [7, 11) is 1.29. The molecule has 0 atom stereocenters. The molecule has 0 spiro atoms. The molecule has 1 amide bonds. The first-order valence-corrected chi connectivity index (χ1v) is 15.1. The third-order valence-corrected chi connectivity index (χ3v) is 8.62. The quantitative estimate of drug-likeness (QED) is 0.229. The van der Waals surface area contributed by atoms with Crippen molar-refractivity contribution in [3.8, 4) is 21.9 Å². The van der Waals surface area contributed by atoms with E-state index in [1.54, 1.807) is 37.8 Å². The monoisotopic (exact) mass is 643 g/mol. The Kier molecular flexibility index (Phi) is 10.1. The maximum atomic E-state index is 13.5. The summed E-state index contributed by atoms with van der Waals surface area (Å²) < 4.78 is 22.4. The molecule has 10 heteroatoms. The molecule has 2 aromatic carbocycles. The van der Waals surface area contributed by atoms with Crippen molar-refractivity contribution < 1.29 is 33.3 Å². The Labute approximate surface area is 252 Å². The maximum Gasteiger partial charge on any atom is 0.420 e. The van der Waals surface area contributed by atoms with Crippen LogP contribution in [0, 0.1) is 0 Å². The molecule has 1 aliphatic rings. The van der Waals surface area contributed by atoms with Crippen molar-refractivity contribution in [1.82, 2.24) is 0 Å². The molecule has 1 heterocycles. The number of hydrogen-bond acceptors (Lipinski definition) is 8. The third kappa shape index (κ3) is 7.89. The summed E-state index contributed by atoms with van der Waals surface area (Å²) in [5.41, 5.74) is 0.769. The fourth-order valence-corrected chi connectivity index (χ4v) is 6.65. The number of para-hydroxylation sites is 1. The van der Waals surface area contributed by atoms with Gasteiger partial charge in [0.05, 0.1) is 16.5 Å². The molecule has 1 fully saturated rings. The molecule has 41 heavy (non-hydrogen) atoms. The first-order valence-electron chi connectivity index (χ1n) is 13.5. The van der Waals surface area contributed by atoms with E-state index in [4.69, 9.17) is 18.9 Å². The average molecular weight is 645 g/mol. The van der Waals surface area contributed by atoms with E-state index in [9.17, 15) is 14.4 Å². The van der Waals surface area contributed by atoms with Gasteiger partial charge >= 0.3 is 18.0 Å². The fraction of sp³-hybridized carbons (Fsp3) is 0.387. The molecule has 218 valence electrons. The van der Waals surface area contributed by atoms with Gasteiger partial charge in [-0.25, -0.2) is 14.4 Å². The molecule has 0 N–H and O–H groups in total. The van der Waals surface area contributed by atoms with Gasteiger partial charge in [0, 0.05) is 11.7 Å². The van der Waals surface area contributed by atoms with Crippen LogP contribution in [0.5, 0.6) is 11.5 Å². The van der Waals surface area contributed by atoms with Crippen LogP contribution in [0.3, 0.4) is 0 Å². The number of hydrogen-bond donors (Lipinski definition) is 0. The lowest BCUT2D eigenvalue weighted by atomic mass is 9.94. The minimum atomic E-state index is -0.672. The normalized spacial score (nSPS) is 13.8. The molecular formula is C31H34BrNO7S. The summed E-state index contributed by atoms with van der Waals surface area (Å²) in [6.45, 7) is 4.92. The second kappa shape index (κ2) is 13.5. The number of nitrogens with zero attached hydrogens (tertiary/aromatic N) is 1. The highest BCUT2D eigenvalue weighted by Crippen LogP contribution is 2.46. The second-order valence-corrected chi connectivity index (χ2v) is 12.5. The van der Waals surface area contributed by atoms with Crippen LogP contribution < -0.4 is 14.4 Å². The smallest absolute Gasteiger partial charge is 0.420 e. The van der Waals surface area contributed by atoms with E-state index in [-0.39, 0.29) is 23.3 Å². The van der Waals surface area contributed by atoms with Crippen LogP contribution >= 0.6 is 27.3 Å². The van der Waals surface area contributed by atoms with Crippen LogP contribution in [0.2, 0.25) is 0 Å². The van der Waals surface area contributed by atoms with E-state index < -0.39 is 23.6 Å². The highest BCUT2D eigenvalue weighted by atomic mass is 79.9. The summed E-state index contributed by atoms with van der Waals surface area (Å²) in [5.74, 6) is -0.478. The standard InChI is InChI=1S/C31H34BrNO7S/c1-31(2,3)40-24(34)19-38-26-25(32)27(41-28(26)29(35)37-4)20-12-11-15-22(18-20)33(21-13-7-5-8-14-21)30(36)39-23-16-9-6-10-17-23/h6,9-12,15-18,21H,5,7-8,13-14,19H2,1-4H3. The Hall–Kier alpha value is -3.37. The molecule has 0 radical (unpaired) electrons. The number of esters is 2. The fourth-order valence-electron chi connectivity index (χ4n) is 4.68. The third-order valence-electron chi connectivity index (χ3n) is 6.41. The molecule has 1 aliphatic carbocycles. The van der Waals surface area contributed by atoms with Gasteiger partial charge in [-0.2, -0.15) is 0 Å². The van der Waals surface area contributed by atoms with Crippen molar-refractivity contribution in [2.45, 2.75) is 64.5 Å². The molecule has 0 bridgehead atoms. The van der Waals surface area contributed by atoms with Crippen LogP contribution in [-0.4, -0.2) is 43.4 Å². The Morgan fingerprint density at radius 1 is 1.00 bits per heavy atom. The molecular weight excluding hydrogens is 610 g/mol. The van der Waals surface area contributed by atoms with Gasteiger partial charge in [-0.3, -0.25) is 4.90 Å². The van der Waals surface area contributed by atoms with Crippen molar-refractivity contribution in [3.63, 3.8) is 0 Å². The molecule has 1 saturated carbocycles. The van der Waals surface area contributed by atoms with Gasteiger partial charge < -0.3 is 18.9 Å². The Morgan fingerprint density at radius 2 is 1.71 bits per heavy atom. The SMILES string of the molecule is COC(=O)c1sc(-c2cccc(N(C(=O)Oc3ccccc3)C3CCCCC3)c2)c(Br)c1OCC(=O)OC(C)(C)C. The van der Waals surface area contributed by atoms with Gasteiger partial charge in [-0.15, -0.1) is 11.3 Å². The summed E-state index contributed by atoms with van der Waals surface area (Å²) in [4.78, 5) is 41.1. The van der Waals surface area contributed by atoms with Crippen LogP contribution in [-0.2, 0) is 14.3 Å². The van der Waals surface area contributed by atoms with Gasteiger partial charge in [-0.05, 0) is 79.4 Å². The van der Waals surface area contributed by atoms with Crippen molar-refractivity contribution >= 4 is 51.0 Å². The second-order valence-electron chi connectivity index (χ2n) is 10.7. The highest BCUT2D eigenvalue weighted by Gasteiger charge is 2.30. The average Bonchev–Trinajstić information content (AvgIpc) is 3.28. The lowest BCUT2D eigenvalue weighted by Crippen LogP contribution is -2.43. The van der Waals surface area contributed by atoms with Gasteiger partial charge in [0.1, 0.15) is 11.4 Å². The van der Waals surface area contributed by atoms with E-state index in [1.807, 2.05) is 42.5 Å². The summed E-state index contributed by atoms with van der Waals surface area (Å²) >= 11 is 4.75. The van der Waals surface area contributed by atoms with Crippen molar-refractivity contribution in [1.29, 1.82) is 0 Å². The number of thiophene rings is 1. The minimum absolute atomic E-state index is 0.000317. The molecule has 8 nitrogen and oxygen atoms in total. The number of anilines is 1. The summed E-state index contributed by atoms with van der Waals surface area (Å²) in [5, 5.41) is 0. The van der Waals surface area contributed by atoms with E-state index >= 15 is 0 Å². The van der Waals surface area contributed by atoms with Crippen LogP contribution in [0.4, 0.5) is 10.5 Å². The number of halogens is 1. The lowest BCUT2D eigenvalue weighted by Gasteiger charge is -2.33. The van der Waals surface area contributed by atoms with Gasteiger partial charge in [0.15, 0.2) is 17.2 Å². The van der Waals surface area contributed by atoms with E-state index in [2.05, 4.69) is 15.9 Å². The number of carbonyl (C=O) groups excluding carboxylic acids is 3. The number of benzene rings is 2.